The normalized spacial score (nSPS) is 11.8. The number of nitrogens with zero attached hydrogens (tertiary/aromatic N) is 1. The molecule has 0 aliphatic rings. The molecule has 0 radical (unpaired) electrons. The summed E-state index contributed by atoms with van der Waals surface area (Å²) < 4.78 is 66.7. The fourth-order valence-corrected chi connectivity index (χ4v) is 3.72. The van der Waals surface area contributed by atoms with E-state index in [9.17, 15) is 18.0 Å². The number of hydrogen-bond donors (Lipinski definition) is 0. The second kappa shape index (κ2) is 9.80. The van der Waals surface area contributed by atoms with Gasteiger partial charge in [-0.3, -0.25) is 0 Å². The smallest absolute Gasteiger partial charge is 0.485 e. The zero-order chi connectivity index (χ0) is 26.1. The molecule has 0 aliphatic heterocycles. The van der Waals surface area contributed by atoms with Gasteiger partial charge >= 0.3 is 11.5 Å². The molecule has 0 N–H and O–H groups in total. The van der Waals surface area contributed by atoms with E-state index in [0.29, 0.717) is 16.3 Å². The van der Waals surface area contributed by atoms with Crippen molar-refractivity contribution in [2.75, 3.05) is 0 Å². The van der Waals surface area contributed by atoms with Crippen LogP contribution in [0.4, 0.5) is 13.2 Å². The largest absolute Gasteiger partial charge is 0.741 e. The lowest BCUT2D eigenvalue weighted by Gasteiger charge is -2.12. The lowest BCUT2D eigenvalue weighted by Crippen LogP contribution is -2.30. The highest BCUT2D eigenvalue weighted by atomic mass is 35.5. The van der Waals surface area contributed by atoms with Crippen molar-refractivity contribution in [1.82, 2.24) is 0 Å². The topological polar surface area (TPSA) is 87.4 Å². The molecule has 35 heavy (non-hydrogen) atoms. The van der Waals surface area contributed by atoms with Crippen LogP contribution in [0.1, 0.15) is 21.5 Å². The highest BCUT2D eigenvalue weighted by molar-refractivity contribution is 7.86. The van der Waals surface area contributed by atoms with Crippen LogP contribution < -0.4 is 9.30 Å². The van der Waals surface area contributed by atoms with Crippen LogP contribution in [0.25, 0.3) is 21.8 Å². The molecular formula is C24H19ClF3NO5S. The number of benzene rings is 3. The van der Waals surface area contributed by atoms with Crippen LogP contribution in [0.15, 0.2) is 60.7 Å². The average molecular weight is 526 g/mol. The number of esters is 1. The number of alkyl halides is 3. The molecule has 6 nitrogen and oxygen atoms in total. The van der Waals surface area contributed by atoms with E-state index in [-0.39, 0.29) is 0 Å². The molecule has 184 valence electrons. The molecule has 1 heterocycles. The number of pyridine rings is 1. The van der Waals surface area contributed by atoms with E-state index in [2.05, 4.69) is 0 Å². The van der Waals surface area contributed by atoms with Crippen LogP contribution in [0.5, 0.6) is 5.75 Å². The Morgan fingerprint density at radius 2 is 1.54 bits per heavy atom. The Kier molecular flexibility index (Phi) is 7.39. The second-order valence-electron chi connectivity index (χ2n) is 7.66. The molecule has 0 saturated heterocycles. The minimum Gasteiger partial charge on any atom is -0.741 e. The molecule has 0 saturated carbocycles. The Labute approximate surface area is 204 Å². The number of rotatable bonds is 2. The van der Waals surface area contributed by atoms with Crippen LogP contribution >= 0.6 is 11.6 Å². The van der Waals surface area contributed by atoms with Crippen LogP contribution in [0, 0.1) is 13.8 Å². The molecule has 0 atom stereocenters. The van der Waals surface area contributed by atoms with E-state index in [1.165, 1.54) is 0 Å². The van der Waals surface area contributed by atoms with Gasteiger partial charge in [0, 0.05) is 22.5 Å². The monoisotopic (exact) mass is 525 g/mol. The molecule has 1 aromatic heterocycles. The van der Waals surface area contributed by atoms with Crippen molar-refractivity contribution in [3.05, 3.63) is 82.4 Å². The SMILES string of the molecule is Cc1cccc(C)c1OC(=O)c1cc(Cl)cc2c1cc1ccccc1[n+]2C.O=S(=O)([O-])C(F)(F)F. The van der Waals surface area contributed by atoms with Gasteiger partial charge in [-0.25, -0.2) is 13.2 Å². The predicted octanol–water partition coefficient (Wildman–Crippen LogP) is 5.36. The second-order valence-corrected chi connectivity index (χ2v) is 9.47. The van der Waals surface area contributed by atoms with Crippen molar-refractivity contribution >= 4 is 49.5 Å². The molecule has 0 fully saturated rings. The van der Waals surface area contributed by atoms with Crippen molar-refractivity contribution < 1.29 is 40.2 Å². The minimum absolute atomic E-state index is 0.407. The highest BCUT2D eigenvalue weighted by Gasteiger charge is 2.36. The minimum atomic E-state index is -6.09. The zero-order valence-corrected chi connectivity index (χ0v) is 20.3. The van der Waals surface area contributed by atoms with E-state index in [4.69, 9.17) is 29.3 Å². The van der Waals surface area contributed by atoms with Gasteiger partial charge in [0.25, 0.3) is 0 Å². The van der Waals surface area contributed by atoms with Crippen molar-refractivity contribution in [2.24, 2.45) is 7.05 Å². The van der Waals surface area contributed by atoms with Gasteiger partial charge in [-0.1, -0.05) is 41.9 Å². The first-order valence-corrected chi connectivity index (χ1v) is 11.8. The maximum absolute atomic E-state index is 13.0. The summed E-state index contributed by atoms with van der Waals surface area (Å²) in [5.41, 5.74) is -1.39. The molecule has 0 spiro atoms. The van der Waals surface area contributed by atoms with Crippen LogP contribution in [0.3, 0.4) is 0 Å². The summed E-state index contributed by atoms with van der Waals surface area (Å²) in [6.07, 6.45) is 0. The van der Waals surface area contributed by atoms with Crippen LogP contribution in [-0.2, 0) is 17.2 Å². The standard InChI is InChI=1S/C23H19ClNO2.CHF3O3S/c1-14-7-6-8-15(2)22(14)27-23(26)19-12-17(24)13-21-18(19)11-16-9-4-5-10-20(16)25(21)3;2-1(3,4)8(5,6)7/h4-13H,1-3H3;(H,5,6,7)/q+1;/p-1. The first kappa shape index (κ1) is 26.4. The Morgan fingerprint density at radius 3 is 2.11 bits per heavy atom. The molecule has 4 aromatic rings. The number of hydrogen-bond acceptors (Lipinski definition) is 5. The van der Waals surface area contributed by atoms with Gasteiger partial charge in [0.1, 0.15) is 12.8 Å². The van der Waals surface area contributed by atoms with E-state index in [1.807, 2.05) is 80.1 Å². The van der Waals surface area contributed by atoms with Gasteiger partial charge in [0.2, 0.25) is 11.0 Å². The molecular weight excluding hydrogens is 507 g/mol. The maximum atomic E-state index is 13.0. The van der Waals surface area contributed by atoms with Crippen LogP contribution in [-0.4, -0.2) is 24.4 Å². The Bertz CT molecular complexity index is 1530. The quantitative estimate of drug-likeness (QED) is 0.0878. The summed E-state index contributed by atoms with van der Waals surface area (Å²) >= 11 is 6.34. The fourth-order valence-electron chi connectivity index (χ4n) is 3.51. The molecule has 0 aliphatic carbocycles. The first-order chi connectivity index (χ1) is 16.2. The fraction of sp³-hybridized carbons (Fsp3) is 0.167. The summed E-state index contributed by atoms with van der Waals surface area (Å²) in [6, 6.07) is 19.4. The molecule has 0 amide bonds. The summed E-state index contributed by atoms with van der Waals surface area (Å²) in [6.45, 7) is 3.86. The van der Waals surface area contributed by atoms with E-state index >= 15 is 0 Å². The third kappa shape index (κ3) is 5.72. The average Bonchev–Trinajstić information content (AvgIpc) is 2.76. The molecule has 0 bridgehead atoms. The number of fused-ring (bicyclic) bond motifs is 2. The van der Waals surface area contributed by atoms with E-state index in [1.54, 1.807) is 6.07 Å². The van der Waals surface area contributed by atoms with Gasteiger partial charge in [-0.15, -0.1) is 0 Å². The number of aryl methyl sites for hydroxylation is 3. The maximum Gasteiger partial charge on any atom is 0.485 e. The Hall–Kier alpha value is -3.21. The van der Waals surface area contributed by atoms with Gasteiger partial charge in [-0.2, -0.15) is 17.7 Å². The third-order valence-corrected chi connectivity index (χ3v) is 5.97. The van der Waals surface area contributed by atoms with Gasteiger partial charge in [-0.05, 0) is 43.2 Å². The summed E-state index contributed by atoms with van der Waals surface area (Å²) in [4.78, 5) is 13.0. The van der Waals surface area contributed by atoms with Gasteiger partial charge in [0.15, 0.2) is 10.1 Å². The lowest BCUT2D eigenvalue weighted by molar-refractivity contribution is -0.617. The Balaban J connectivity index is 0.000000371. The molecule has 0 unspecified atom stereocenters. The van der Waals surface area contributed by atoms with E-state index in [0.717, 1.165) is 32.9 Å². The van der Waals surface area contributed by atoms with Crippen molar-refractivity contribution in [3.8, 4) is 5.75 Å². The summed E-state index contributed by atoms with van der Waals surface area (Å²) in [5, 5.41) is 2.37. The van der Waals surface area contributed by atoms with Gasteiger partial charge in [0.05, 0.1) is 10.9 Å². The van der Waals surface area contributed by atoms with Crippen molar-refractivity contribution in [1.29, 1.82) is 0 Å². The number of carbonyl (C=O) groups is 1. The lowest BCUT2D eigenvalue weighted by atomic mass is 10.0. The number of ether oxygens (including phenoxy) is 1. The third-order valence-electron chi connectivity index (χ3n) is 5.19. The molecule has 4 rings (SSSR count). The van der Waals surface area contributed by atoms with Crippen molar-refractivity contribution in [3.63, 3.8) is 0 Å². The first-order valence-electron chi connectivity index (χ1n) is 10.0. The molecule has 3 aromatic carbocycles. The zero-order valence-electron chi connectivity index (χ0n) is 18.7. The van der Waals surface area contributed by atoms with Gasteiger partial charge < -0.3 is 9.29 Å². The molecule has 11 heteroatoms. The summed E-state index contributed by atoms with van der Waals surface area (Å²) in [5.74, 6) is 0.191. The Morgan fingerprint density at radius 1 is 0.971 bits per heavy atom. The summed E-state index contributed by atoms with van der Waals surface area (Å²) in [7, 11) is -4.12. The number of carbonyl (C=O) groups excluding carboxylic acids is 1. The van der Waals surface area contributed by atoms with Crippen LogP contribution in [0.2, 0.25) is 5.02 Å². The predicted molar refractivity (Wildman–Crippen MR) is 124 cm³/mol. The van der Waals surface area contributed by atoms with Crippen molar-refractivity contribution in [2.45, 2.75) is 19.4 Å². The number of para-hydroxylation sites is 2. The number of aromatic nitrogens is 1. The van der Waals surface area contributed by atoms with E-state index < -0.39 is 21.6 Å². The number of halogens is 4. The highest BCUT2D eigenvalue weighted by Crippen LogP contribution is 2.28.